The molecule has 0 aliphatic carbocycles. The summed E-state index contributed by atoms with van der Waals surface area (Å²) in [5.74, 6) is -0.726. The Labute approximate surface area is 200 Å². The Morgan fingerprint density at radius 1 is 0.971 bits per heavy atom. The molecule has 0 aliphatic heterocycles. The van der Waals surface area contributed by atoms with Gasteiger partial charge in [0.25, 0.3) is 5.56 Å². The SMILES string of the molecule is CCC(=O)Nc1cnc(-c2ccc(F)cc2)n(Cc2cncc(N(C)c3ccc(F)cc3)c2)c1=O. The highest BCUT2D eigenvalue weighted by atomic mass is 19.1. The molecule has 2 heterocycles. The van der Waals surface area contributed by atoms with Crippen molar-refractivity contribution in [2.24, 2.45) is 0 Å². The quantitative estimate of drug-likeness (QED) is 0.417. The second-order valence-corrected chi connectivity index (χ2v) is 7.88. The van der Waals surface area contributed by atoms with Gasteiger partial charge in [0.05, 0.1) is 24.6 Å². The lowest BCUT2D eigenvalue weighted by atomic mass is 10.2. The number of nitrogens with one attached hydrogen (secondary N) is 1. The number of carbonyl (C=O) groups is 1. The van der Waals surface area contributed by atoms with Gasteiger partial charge in [0.15, 0.2) is 0 Å². The number of anilines is 3. The molecule has 2 aromatic carbocycles. The first-order chi connectivity index (χ1) is 16.9. The molecule has 9 heteroatoms. The van der Waals surface area contributed by atoms with E-state index >= 15 is 0 Å². The van der Waals surface area contributed by atoms with E-state index in [0.717, 1.165) is 11.4 Å². The molecule has 0 aliphatic rings. The molecule has 0 unspecified atom stereocenters. The average molecular weight is 475 g/mol. The standard InChI is InChI=1S/C26H23F2N5O2/c1-3-24(34)31-23-15-30-25(18-4-6-19(27)7-5-18)33(26(23)35)16-17-12-22(14-29-13-17)32(2)21-10-8-20(28)9-11-21/h4-15H,3,16H2,1-2H3,(H,31,34). The van der Waals surface area contributed by atoms with E-state index in [2.05, 4.69) is 15.3 Å². The highest BCUT2D eigenvalue weighted by Gasteiger charge is 2.15. The number of hydrogen-bond donors (Lipinski definition) is 1. The van der Waals surface area contributed by atoms with Crippen LogP contribution in [0, 0.1) is 11.6 Å². The molecule has 2 aromatic heterocycles. The molecule has 0 radical (unpaired) electrons. The molecule has 0 saturated carbocycles. The normalized spacial score (nSPS) is 10.7. The number of halogens is 2. The zero-order valence-electron chi connectivity index (χ0n) is 19.2. The van der Waals surface area contributed by atoms with E-state index < -0.39 is 11.4 Å². The maximum Gasteiger partial charge on any atom is 0.277 e. The minimum absolute atomic E-state index is 0.0512. The molecule has 178 valence electrons. The van der Waals surface area contributed by atoms with Crippen LogP contribution in [0.1, 0.15) is 18.9 Å². The number of hydrogen-bond acceptors (Lipinski definition) is 5. The van der Waals surface area contributed by atoms with E-state index in [1.807, 2.05) is 18.0 Å². The minimum Gasteiger partial charge on any atom is -0.343 e. The molecule has 1 amide bonds. The van der Waals surface area contributed by atoms with Crippen LogP contribution in [0.15, 0.2) is 78.0 Å². The molecular weight excluding hydrogens is 452 g/mol. The predicted octanol–water partition coefficient (Wildman–Crippen LogP) is 4.75. The zero-order chi connectivity index (χ0) is 24.9. The number of pyridine rings is 1. The third kappa shape index (κ3) is 5.40. The summed E-state index contributed by atoms with van der Waals surface area (Å²) in [5.41, 5.74) is 2.34. The van der Waals surface area contributed by atoms with E-state index in [-0.39, 0.29) is 30.4 Å². The third-order valence-electron chi connectivity index (χ3n) is 5.47. The highest BCUT2D eigenvalue weighted by Crippen LogP contribution is 2.25. The van der Waals surface area contributed by atoms with Crippen molar-refractivity contribution in [3.63, 3.8) is 0 Å². The van der Waals surface area contributed by atoms with Gasteiger partial charge in [0, 0.05) is 30.9 Å². The number of benzene rings is 2. The lowest BCUT2D eigenvalue weighted by Gasteiger charge is -2.20. The van der Waals surface area contributed by atoms with Crippen LogP contribution in [0.5, 0.6) is 0 Å². The molecule has 4 rings (SSSR count). The molecule has 1 N–H and O–H groups in total. The number of amides is 1. The Balaban J connectivity index is 1.74. The van der Waals surface area contributed by atoms with Gasteiger partial charge >= 0.3 is 0 Å². The predicted molar refractivity (Wildman–Crippen MR) is 131 cm³/mol. The van der Waals surface area contributed by atoms with Gasteiger partial charge in [0.1, 0.15) is 23.1 Å². The monoisotopic (exact) mass is 475 g/mol. The van der Waals surface area contributed by atoms with Crippen molar-refractivity contribution in [1.29, 1.82) is 0 Å². The third-order valence-corrected chi connectivity index (χ3v) is 5.47. The molecule has 0 spiro atoms. The molecule has 0 saturated heterocycles. The fourth-order valence-electron chi connectivity index (χ4n) is 3.53. The van der Waals surface area contributed by atoms with Crippen LogP contribution in [-0.4, -0.2) is 27.5 Å². The Bertz CT molecular complexity index is 1400. The Morgan fingerprint density at radius 3 is 2.29 bits per heavy atom. The van der Waals surface area contributed by atoms with Gasteiger partial charge in [-0.1, -0.05) is 6.92 Å². The van der Waals surface area contributed by atoms with Gasteiger partial charge in [-0.05, 0) is 60.2 Å². The molecular formula is C26H23F2N5O2. The number of carbonyl (C=O) groups excluding carboxylic acids is 1. The second kappa shape index (κ2) is 10.3. The summed E-state index contributed by atoms with van der Waals surface area (Å²) in [6, 6.07) is 13.6. The molecule has 4 aromatic rings. The van der Waals surface area contributed by atoms with Crippen molar-refractivity contribution in [3.8, 4) is 11.4 Å². The minimum atomic E-state index is -0.446. The number of rotatable bonds is 7. The van der Waals surface area contributed by atoms with Gasteiger partial charge in [-0.25, -0.2) is 13.8 Å². The summed E-state index contributed by atoms with van der Waals surface area (Å²) in [6.07, 6.45) is 4.80. The molecule has 35 heavy (non-hydrogen) atoms. The molecule has 0 bridgehead atoms. The smallest absolute Gasteiger partial charge is 0.277 e. The van der Waals surface area contributed by atoms with Crippen LogP contribution < -0.4 is 15.8 Å². The first-order valence-electron chi connectivity index (χ1n) is 10.9. The van der Waals surface area contributed by atoms with Crippen LogP contribution in [0.3, 0.4) is 0 Å². The topological polar surface area (TPSA) is 80.1 Å². The summed E-state index contributed by atoms with van der Waals surface area (Å²) in [6.45, 7) is 1.79. The Hall–Kier alpha value is -4.40. The maximum atomic E-state index is 13.5. The van der Waals surface area contributed by atoms with E-state index in [9.17, 15) is 18.4 Å². The van der Waals surface area contributed by atoms with Gasteiger partial charge in [-0.3, -0.25) is 19.1 Å². The van der Waals surface area contributed by atoms with Gasteiger partial charge < -0.3 is 10.2 Å². The fraction of sp³-hybridized carbons (Fsp3) is 0.154. The van der Waals surface area contributed by atoms with Gasteiger partial charge in [-0.15, -0.1) is 0 Å². The first kappa shape index (κ1) is 23.7. The van der Waals surface area contributed by atoms with Crippen LogP contribution in [0.2, 0.25) is 0 Å². The van der Waals surface area contributed by atoms with Crippen molar-refractivity contribution in [3.05, 3.63) is 101 Å². The summed E-state index contributed by atoms with van der Waals surface area (Å²) in [7, 11) is 1.83. The van der Waals surface area contributed by atoms with E-state index in [1.165, 1.54) is 47.2 Å². The number of aromatic nitrogens is 3. The van der Waals surface area contributed by atoms with E-state index in [4.69, 9.17) is 0 Å². The zero-order valence-corrected chi connectivity index (χ0v) is 19.2. The summed E-state index contributed by atoms with van der Waals surface area (Å²) < 4.78 is 28.2. The second-order valence-electron chi connectivity index (χ2n) is 7.88. The van der Waals surface area contributed by atoms with Crippen molar-refractivity contribution in [2.75, 3.05) is 17.3 Å². The van der Waals surface area contributed by atoms with E-state index in [1.54, 1.807) is 31.5 Å². The van der Waals surface area contributed by atoms with Crippen LogP contribution in [0.4, 0.5) is 25.8 Å². The lowest BCUT2D eigenvalue weighted by Crippen LogP contribution is -2.28. The van der Waals surface area contributed by atoms with E-state index in [0.29, 0.717) is 17.0 Å². The summed E-state index contributed by atoms with van der Waals surface area (Å²) >= 11 is 0. The molecule has 7 nitrogen and oxygen atoms in total. The first-order valence-corrected chi connectivity index (χ1v) is 10.9. The van der Waals surface area contributed by atoms with Gasteiger partial charge in [0.2, 0.25) is 5.91 Å². The summed E-state index contributed by atoms with van der Waals surface area (Å²) in [5, 5.41) is 2.58. The lowest BCUT2D eigenvalue weighted by molar-refractivity contribution is -0.115. The Morgan fingerprint density at radius 2 is 1.63 bits per heavy atom. The average Bonchev–Trinajstić information content (AvgIpc) is 2.87. The van der Waals surface area contributed by atoms with Crippen LogP contribution in [-0.2, 0) is 11.3 Å². The number of nitrogens with zero attached hydrogens (tertiary/aromatic N) is 4. The Kier molecular flexibility index (Phi) is 6.96. The van der Waals surface area contributed by atoms with Crippen molar-refractivity contribution in [1.82, 2.24) is 14.5 Å². The van der Waals surface area contributed by atoms with Crippen LogP contribution >= 0.6 is 0 Å². The van der Waals surface area contributed by atoms with Crippen molar-refractivity contribution in [2.45, 2.75) is 19.9 Å². The van der Waals surface area contributed by atoms with Crippen molar-refractivity contribution < 1.29 is 13.6 Å². The highest BCUT2D eigenvalue weighted by molar-refractivity contribution is 5.90. The largest absolute Gasteiger partial charge is 0.343 e. The molecule has 0 atom stereocenters. The fourth-order valence-corrected chi connectivity index (χ4v) is 3.53. The summed E-state index contributed by atoms with van der Waals surface area (Å²) in [4.78, 5) is 35.8. The van der Waals surface area contributed by atoms with Gasteiger partial charge in [-0.2, -0.15) is 0 Å². The van der Waals surface area contributed by atoms with Crippen molar-refractivity contribution >= 4 is 23.0 Å². The maximum absolute atomic E-state index is 13.5. The molecule has 0 fully saturated rings. The van der Waals surface area contributed by atoms with Crippen LogP contribution in [0.25, 0.3) is 11.4 Å².